The summed E-state index contributed by atoms with van der Waals surface area (Å²) in [6, 6.07) is 27.6. The number of rotatable bonds is 7. The standard InChI is InChI=1S/C28H28N2O2/c1-3-19-15-21(11-13-27(19)31-25-9-5-7-23(29)17-25)22-12-14-28(20(4-2)16-22)32-26-10-6-8-24(30)18-26/h5-18H,3-4,29-30H2,1-2H3. The Morgan fingerprint density at radius 3 is 1.38 bits per heavy atom. The third-order valence-corrected chi connectivity index (χ3v) is 5.39. The van der Waals surface area contributed by atoms with E-state index in [9.17, 15) is 0 Å². The number of nitrogen functional groups attached to an aromatic ring is 2. The van der Waals surface area contributed by atoms with Gasteiger partial charge >= 0.3 is 0 Å². The first-order valence-corrected chi connectivity index (χ1v) is 10.9. The quantitative estimate of drug-likeness (QED) is 0.307. The maximum atomic E-state index is 6.10. The second-order valence-corrected chi connectivity index (χ2v) is 7.70. The normalized spacial score (nSPS) is 10.7. The van der Waals surface area contributed by atoms with Crippen LogP contribution in [0.4, 0.5) is 11.4 Å². The van der Waals surface area contributed by atoms with E-state index < -0.39 is 0 Å². The van der Waals surface area contributed by atoms with Crippen molar-refractivity contribution < 1.29 is 9.47 Å². The van der Waals surface area contributed by atoms with Gasteiger partial charge in [0.1, 0.15) is 23.0 Å². The van der Waals surface area contributed by atoms with Crippen molar-refractivity contribution in [1.82, 2.24) is 0 Å². The summed E-state index contributed by atoms with van der Waals surface area (Å²) in [6.45, 7) is 4.26. The number of nitrogens with two attached hydrogens (primary N) is 2. The van der Waals surface area contributed by atoms with Crippen LogP contribution in [-0.4, -0.2) is 0 Å². The molecule has 4 heteroatoms. The molecule has 0 aromatic heterocycles. The maximum Gasteiger partial charge on any atom is 0.130 e. The minimum atomic E-state index is 0.685. The van der Waals surface area contributed by atoms with Crippen LogP contribution in [0.1, 0.15) is 25.0 Å². The van der Waals surface area contributed by atoms with Crippen LogP contribution in [0.3, 0.4) is 0 Å². The number of aryl methyl sites for hydroxylation is 2. The smallest absolute Gasteiger partial charge is 0.130 e. The molecule has 4 rings (SSSR count). The lowest BCUT2D eigenvalue weighted by molar-refractivity contribution is 0.476. The van der Waals surface area contributed by atoms with E-state index in [1.807, 2.05) is 60.7 Å². The molecule has 162 valence electrons. The van der Waals surface area contributed by atoms with Crippen LogP contribution in [0.15, 0.2) is 84.9 Å². The van der Waals surface area contributed by atoms with Gasteiger partial charge in [0, 0.05) is 23.5 Å². The Labute approximate surface area is 189 Å². The Bertz CT molecular complexity index is 1140. The second-order valence-electron chi connectivity index (χ2n) is 7.70. The van der Waals surface area contributed by atoms with Crippen LogP contribution in [0.5, 0.6) is 23.0 Å². The molecule has 0 unspecified atom stereocenters. The molecule has 4 aromatic carbocycles. The summed E-state index contributed by atoms with van der Waals surface area (Å²) in [5.74, 6) is 3.17. The van der Waals surface area contributed by atoms with E-state index in [1.165, 1.54) is 0 Å². The van der Waals surface area contributed by atoms with Crippen LogP contribution in [0.25, 0.3) is 11.1 Å². The molecule has 0 aliphatic carbocycles. The molecule has 4 N–H and O–H groups in total. The lowest BCUT2D eigenvalue weighted by Gasteiger charge is -2.15. The highest BCUT2D eigenvalue weighted by molar-refractivity contribution is 5.68. The van der Waals surface area contributed by atoms with E-state index >= 15 is 0 Å². The highest BCUT2D eigenvalue weighted by Gasteiger charge is 2.10. The number of benzene rings is 4. The van der Waals surface area contributed by atoms with Gasteiger partial charge in [-0.05, 0) is 83.6 Å². The Morgan fingerprint density at radius 1 is 0.562 bits per heavy atom. The molecule has 32 heavy (non-hydrogen) atoms. The van der Waals surface area contributed by atoms with Gasteiger partial charge in [0.15, 0.2) is 0 Å². The van der Waals surface area contributed by atoms with E-state index in [2.05, 4.69) is 38.1 Å². The summed E-state index contributed by atoms with van der Waals surface area (Å²) in [6.07, 6.45) is 1.73. The fourth-order valence-corrected chi connectivity index (χ4v) is 3.68. The zero-order valence-electron chi connectivity index (χ0n) is 18.5. The summed E-state index contributed by atoms with van der Waals surface area (Å²) in [5.41, 5.74) is 17.7. The van der Waals surface area contributed by atoms with E-state index in [0.717, 1.165) is 58.1 Å². The largest absolute Gasteiger partial charge is 0.457 e. The lowest BCUT2D eigenvalue weighted by Crippen LogP contribution is -1.94. The summed E-state index contributed by atoms with van der Waals surface area (Å²) >= 11 is 0. The van der Waals surface area contributed by atoms with Crippen molar-refractivity contribution in [2.45, 2.75) is 26.7 Å². The third kappa shape index (κ3) is 4.86. The first-order valence-electron chi connectivity index (χ1n) is 10.9. The van der Waals surface area contributed by atoms with E-state index in [4.69, 9.17) is 20.9 Å². The predicted molar refractivity (Wildman–Crippen MR) is 132 cm³/mol. The third-order valence-electron chi connectivity index (χ3n) is 5.39. The summed E-state index contributed by atoms with van der Waals surface area (Å²) < 4.78 is 12.2. The Morgan fingerprint density at radius 2 is 1.00 bits per heavy atom. The lowest BCUT2D eigenvalue weighted by atomic mass is 9.98. The van der Waals surface area contributed by atoms with Crippen molar-refractivity contribution in [2.75, 3.05) is 11.5 Å². The Kier molecular flexibility index (Phi) is 6.31. The molecule has 0 bridgehead atoms. The molecule has 0 saturated heterocycles. The van der Waals surface area contributed by atoms with Gasteiger partial charge < -0.3 is 20.9 Å². The Balaban J connectivity index is 1.61. The zero-order chi connectivity index (χ0) is 22.5. The fraction of sp³-hybridized carbons (Fsp3) is 0.143. The minimum Gasteiger partial charge on any atom is -0.457 e. The van der Waals surface area contributed by atoms with E-state index in [1.54, 1.807) is 0 Å². The number of ether oxygens (including phenoxy) is 2. The zero-order valence-corrected chi connectivity index (χ0v) is 18.5. The van der Waals surface area contributed by atoms with Crippen molar-refractivity contribution in [3.05, 3.63) is 96.1 Å². The van der Waals surface area contributed by atoms with Crippen LogP contribution in [0.2, 0.25) is 0 Å². The molecule has 0 atom stereocenters. The number of hydrogen-bond donors (Lipinski definition) is 2. The van der Waals surface area contributed by atoms with Crippen LogP contribution in [0, 0.1) is 0 Å². The van der Waals surface area contributed by atoms with Gasteiger partial charge in [0.05, 0.1) is 0 Å². The Hall–Kier alpha value is -3.92. The molecule has 0 radical (unpaired) electrons. The predicted octanol–water partition coefficient (Wildman–Crippen LogP) is 7.23. The van der Waals surface area contributed by atoms with E-state index in [0.29, 0.717) is 11.4 Å². The highest BCUT2D eigenvalue weighted by atomic mass is 16.5. The summed E-state index contributed by atoms with van der Waals surface area (Å²) in [5, 5.41) is 0. The summed E-state index contributed by atoms with van der Waals surface area (Å²) in [4.78, 5) is 0. The fourth-order valence-electron chi connectivity index (χ4n) is 3.68. The van der Waals surface area contributed by atoms with Crippen molar-refractivity contribution in [2.24, 2.45) is 0 Å². The van der Waals surface area contributed by atoms with E-state index in [-0.39, 0.29) is 0 Å². The van der Waals surface area contributed by atoms with Crippen molar-refractivity contribution in [3.8, 4) is 34.1 Å². The van der Waals surface area contributed by atoms with Gasteiger partial charge in [-0.1, -0.05) is 38.1 Å². The second kappa shape index (κ2) is 9.48. The van der Waals surface area contributed by atoms with Gasteiger partial charge in [0.25, 0.3) is 0 Å². The van der Waals surface area contributed by atoms with Gasteiger partial charge in [-0.2, -0.15) is 0 Å². The maximum absolute atomic E-state index is 6.10. The van der Waals surface area contributed by atoms with Gasteiger partial charge in [0.2, 0.25) is 0 Å². The molecular weight excluding hydrogens is 396 g/mol. The van der Waals surface area contributed by atoms with Crippen LogP contribution >= 0.6 is 0 Å². The van der Waals surface area contributed by atoms with Crippen molar-refractivity contribution >= 4 is 11.4 Å². The van der Waals surface area contributed by atoms with Crippen LogP contribution in [-0.2, 0) is 12.8 Å². The molecule has 4 nitrogen and oxygen atoms in total. The molecule has 0 aliphatic rings. The molecule has 0 fully saturated rings. The first kappa shape index (κ1) is 21.3. The van der Waals surface area contributed by atoms with Gasteiger partial charge in [-0.25, -0.2) is 0 Å². The number of anilines is 2. The monoisotopic (exact) mass is 424 g/mol. The minimum absolute atomic E-state index is 0.685. The SMILES string of the molecule is CCc1cc(-c2ccc(Oc3cccc(N)c3)c(CC)c2)ccc1Oc1cccc(N)c1. The van der Waals surface area contributed by atoms with Crippen LogP contribution < -0.4 is 20.9 Å². The molecule has 0 amide bonds. The molecular formula is C28H28N2O2. The topological polar surface area (TPSA) is 70.5 Å². The van der Waals surface area contributed by atoms with Crippen molar-refractivity contribution in [1.29, 1.82) is 0 Å². The van der Waals surface area contributed by atoms with Crippen molar-refractivity contribution in [3.63, 3.8) is 0 Å². The summed E-state index contributed by atoms with van der Waals surface area (Å²) in [7, 11) is 0. The van der Waals surface area contributed by atoms with Gasteiger partial charge in [-0.15, -0.1) is 0 Å². The van der Waals surface area contributed by atoms with Gasteiger partial charge in [-0.3, -0.25) is 0 Å². The molecule has 0 saturated carbocycles. The first-order chi connectivity index (χ1) is 15.6. The number of hydrogen-bond acceptors (Lipinski definition) is 4. The average molecular weight is 425 g/mol. The highest BCUT2D eigenvalue weighted by Crippen LogP contribution is 2.34. The molecule has 0 aliphatic heterocycles. The molecule has 4 aromatic rings. The molecule has 0 spiro atoms. The molecule has 0 heterocycles. The average Bonchev–Trinajstić information content (AvgIpc) is 2.80.